The number of anilines is 2. The van der Waals surface area contributed by atoms with Gasteiger partial charge in [0.2, 0.25) is 0 Å². The summed E-state index contributed by atoms with van der Waals surface area (Å²) in [6.07, 6.45) is 0.0225. The van der Waals surface area contributed by atoms with Crippen molar-refractivity contribution in [2.45, 2.75) is 42.0 Å². The van der Waals surface area contributed by atoms with Gasteiger partial charge in [0.25, 0.3) is 0 Å². The number of β-amino-alcohol motifs (C(OH)–C–C–N with tert-alkyl or cyclic N) is 1. The maximum atomic E-state index is 10.8. The number of rotatable bonds is 4. The quantitative estimate of drug-likeness (QED) is 0.887. The number of hydrogen-bond donors (Lipinski definition) is 1. The van der Waals surface area contributed by atoms with Crippen molar-refractivity contribution in [2.75, 3.05) is 31.1 Å². The van der Waals surface area contributed by atoms with Crippen LogP contribution in [-0.4, -0.2) is 54.5 Å². The summed E-state index contributed by atoms with van der Waals surface area (Å²) in [7, 11) is 0. The molecule has 0 amide bonds. The van der Waals surface area contributed by atoms with Gasteiger partial charge in [-0.1, -0.05) is 36.0 Å². The predicted molar refractivity (Wildman–Crippen MR) is 106 cm³/mol. The van der Waals surface area contributed by atoms with Crippen LogP contribution in [0.5, 0.6) is 0 Å². The van der Waals surface area contributed by atoms with E-state index in [-0.39, 0.29) is 12.2 Å². The maximum Gasteiger partial charge on any atom is 0.0846 e. The number of para-hydroxylation sites is 2. The molecular formula is C21H26N2O2S. The monoisotopic (exact) mass is 370 g/mol. The van der Waals surface area contributed by atoms with Crippen LogP contribution in [0.2, 0.25) is 0 Å². The van der Waals surface area contributed by atoms with E-state index in [1.54, 1.807) is 11.8 Å². The van der Waals surface area contributed by atoms with Crippen LogP contribution >= 0.6 is 11.8 Å². The van der Waals surface area contributed by atoms with Gasteiger partial charge in [0.1, 0.15) is 0 Å². The normalized spacial score (nSPS) is 24.0. The van der Waals surface area contributed by atoms with Crippen molar-refractivity contribution in [3.05, 3.63) is 48.5 Å². The largest absolute Gasteiger partial charge is 0.390 e. The van der Waals surface area contributed by atoms with E-state index >= 15 is 0 Å². The molecule has 4 rings (SSSR count). The number of hydrogen-bond acceptors (Lipinski definition) is 5. The van der Waals surface area contributed by atoms with Gasteiger partial charge >= 0.3 is 0 Å². The molecule has 3 atom stereocenters. The molecule has 2 aliphatic heterocycles. The third-order valence-corrected chi connectivity index (χ3v) is 6.02. The molecule has 0 radical (unpaired) electrons. The molecule has 1 saturated heterocycles. The summed E-state index contributed by atoms with van der Waals surface area (Å²) in [5.41, 5.74) is 2.36. The van der Waals surface area contributed by atoms with Crippen LogP contribution in [-0.2, 0) is 4.74 Å². The number of aliphatic hydroxyl groups is 1. The van der Waals surface area contributed by atoms with E-state index in [2.05, 4.69) is 72.2 Å². The SMILES string of the molecule is CC1CN(CC(O)CN2c3ccccc3Sc3ccccc32)CC(C)O1. The first kappa shape index (κ1) is 17.9. The average Bonchev–Trinajstić information content (AvgIpc) is 2.60. The second-order valence-corrected chi connectivity index (χ2v) is 8.36. The fourth-order valence-electron chi connectivity index (χ4n) is 3.98. The van der Waals surface area contributed by atoms with Crippen molar-refractivity contribution in [2.24, 2.45) is 0 Å². The van der Waals surface area contributed by atoms with Gasteiger partial charge in [0.15, 0.2) is 0 Å². The van der Waals surface area contributed by atoms with Crippen LogP contribution in [0.3, 0.4) is 0 Å². The van der Waals surface area contributed by atoms with Gasteiger partial charge in [-0.15, -0.1) is 0 Å². The molecule has 5 heteroatoms. The van der Waals surface area contributed by atoms with Crippen LogP contribution in [0.1, 0.15) is 13.8 Å². The standard InChI is InChI=1S/C21H26N2O2S/c1-15-11-22(12-16(2)25-15)13-17(24)14-23-18-7-3-5-9-20(18)26-21-10-6-4-8-19(21)23/h3-10,15-17,24H,11-14H2,1-2H3. The lowest BCUT2D eigenvalue weighted by Gasteiger charge is -2.38. The Bertz CT molecular complexity index is 714. The Labute approximate surface area is 159 Å². The molecular weight excluding hydrogens is 344 g/mol. The molecule has 2 aromatic carbocycles. The molecule has 138 valence electrons. The molecule has 1 fully saturated rings. The molecule has 0 aromatic heterocycles. The van der Waals surface area contributed by atoms with Gasteiger partial charge in [-0.2, -0.15) is 0 Å². The maximum absolute atomic E-state index is 10.8. The Balaban J connectivity index is 1.52. The highest BCUT2D eigenvalue weighted by molar-refractivity contribution is 7.99. The minimum absolute atomic E-state index is 0.221. The Hall–Kier alpha value is -1.53. The van der Waals surface area contributed by atoms with Crippen LogP contribution < -0.4 is 4.90 Å². The van der Waals surface area contributed by atoms with Gasteiger partial charge < -0.3 is 14.7 Å². The number of benzene rings is 2. The van der Waals surface area contributed by atoms with Gasteiger partial charge in [0, 0.05) is 29.4 Å². The number of nitrogens with zero attached hydrogens (tertiary/aromatic N) is 2. The third-order valence-electron chi connectivity index (χ3n) is 4.89. The summed E-state index contributed by atoms with van der Waals surface area (Å²) in [4.78, 5) is 7.07. The first-order chi connectivity index (χ1) is 12.6. The van der Waals surface area contributed by atoms with Crippen LogP contribution in [0.4, 0.5) is 11.4 Å². The van der Waals surface area contributed by atoms with Gasteiger partial charge in [-0.25, -0.2) is 0 Å². The lowest BCUT2D eigenvalue weighted by molar-refractivity contribution is -0.0757. The highest BCUT2D eigenvalue weighted by Gasteiger charge is 2.27. The third kappa shape index (κ3) is 3.76. The van der Waals surface area contributed by atoms with Crippen molar-refractivity contribution >= 4 is 23.1 Å². The molecule has 0 spiro atoms. The Morgan fingerprint density at radius 1 is 0.962 bits per heavy atom. The minimum atomic E-state index is -0.420. The van der Waals surface area contributed by atoms with E-state index in [1.807, 2.05) is 0 Å². The van der Waals surface area contributed by atoms with E-state index in [0.29, 0.717) is 13.1 Å². The van der Waals surface area contributed by atoms with Crippen LogP contribution in [0, 0.1) is 0 Å². The molecule has 26 heavy (non-hydrogen) atoms. The van der Waals surface area contributed by atoms with E-state index < -0.39 is 6.10 Å². The number of aliphatic hydroxyl groups excluding tert-OH is 1. The molecule has 0 bridgehead atoms. The predicted octanol–water partition coefficient (Wildman–Crippen LogP) is 3.76. The highest BCUT2D eigenvalue weighted by Crippen LogP contribution is 2.47. The summed E-state index contributed by atoms with van der Waals surface area (Å²) >= 11 is 1.80. The molecule has 1 N–H and O–H groups in total. The Morgan fingerprint density at radius 3 is 2.08 bits per heavy atom. The second kappa shape index (κ2) is 7.61. The molecule has 4 nitrogen and oxygen atoms in total. The highest BCUT2D eigenvalue weighted by atomic mass is 32.2. The molecule has 0 saturated carbocycles. The average molecular weight is 371 g/mol. The Kier molecular flexibility index (Phi) is 5.23. The fourth-order valence-corrected chi connectivity index (χ4v) is 5.07. The lowest BCUT2D eigenvalue weighted by Crippen LogP contribution is -2.49. The molecule has 2 aromatic rings. The van der Waals surface area contributed by atoms with Gasteiger partial charge in [-0.3, -0.25) is 4.90 Å². The fraction of sp³-hybridized carbons (Fsp3) is 0.429. The first-order valence-corrected chi connectivity index (χ1v) is 10.1. The second-order valence-electron chi connectivity index (χ2n) is 7.28. The Morgan fingerprint density at radius 2 is 1.50 bits per heavy atom. The number of fused-ring (bicyclic) bond motifs is 2. The molecule has 0 aliphatic carbocycles. The van der Waals surface area contributed by atoms with E-state index in [1.165, 1.54) is 21.2 Å². The van der Waals surface area contributed by atoms with Crippen LogP contribution in [0.25, 0.3) is 0 Å². The topological polar surface area (TPSA) is 35.9 Å². The minimum Gasteiger partial charge on any atom is -0.390 e. The van der Waals surface area contributed by atoms with E-state index in [4.69, 9.17) is 4.74 Å². The molecule has 2 aliphatic rings. The van der Waals surface area contributed by atoms with Gasteiger partial charge in [0.05, 0.1) is 36.2 Å². The van der Waals surface area contributed by atoms with Crippen molar-refractivity contribution in [1.82, 2.24) is 4.90 Å². The summed E-state index contributed by atoms with van der Waals surface area (Å²) in [6.45, 7) is 7.22. The first-order valence-electron chi connectivity index (χ1n) is 9.29. The molecule has 3 unspecified atom stereocenters. The zero-order valence-corrected chi connectivity index (χ0v) is 16.2. The van der Waals surface area contributed by atoms with Crippen molar-refractivity contribution < 1.29 is 9.84 Å². The zero-order valence-electron chi connectivity index (χ0n) is 15.3. The van der Waals surface area contributed by atoms with Crippen molar-refractivity contribution in [3.63, 3.8) is 0 Å². The summed E-state index contributed by atoms with van der Waals surface area (Å²) in [5.74, 6) is 0. The number of ether oxygens (including phenoxy) is 1. The van der Waals surface area contributed by atoms with Crippen molar-refractivity contribution in [3.8, 4) is 0 Å². The summed E-state index contributed by atoms with van der Waals surface area (Å²) in [5, 5.41) is 10.8. The summed E-state index contributed by atoms with van der Waals surface area (Å²) < 4.78 is 5.80. The van der Waals surface area contributed by atoms with E-state index in [0.717, 1.165) is 13.1 Å². The van der Waals surface area contributed by atoms with Gasteiger partial charge in [-0.05, 0) is 38.1 Å². The molecule has 2 heterocycles. The van der Waals surface area contributed by atoms with Crippen LogP contribution in [0.15, 0.2) is 58.3 Å². The van der Waals surface area contributed by atoms with Crippen molar-refractivity contribution in [1.29, 1.82) is 0 Å². The smallest absolute Gasteiger partial charge is 0.0846 e. The van der Waals surface area contributed by atoms with E-state index in [9.17, 15) is 5.11 Å². The number of morpholine rings is 1. The lowest BCUT2D eigenvalue weighted by atomic mass is 10.1. The summed E-state index contributed by atoms with van der Waals surface area (Å²) in [6, 6.07) is 16.9. The zero-order chi connectivity index (χ0) is 18.1.